The van der Waals surface area contributed by atoms with Crippen molar-refractivity contribution in [1.29, 1.82) is 0 Å². The summed E-state index contributed by atoms with van der Waals surface area (Å²) in [5.74, 6) is 0. The summed E-state index contributed by atoms with van der Waals surface area (Å²) < 4.78 is 1.07. The Morgan fingerprint density at radius 1 is 0.783 bits per heavy atom. The first-order chi connectivity index (χ1) is 11.3. The van der Waals surface area contributed by atoms with Gasteiger partial charge in [0.15, 0.2) is 0 Å². The van der Waals surface area contributed by atoms with Crippen LogP contribution in [0.15, 0.2) is 94.5 Å². The van der Waals surface area contributed by atoms with Crippen LogP contribution in [-0.2, 0) is 6.54 Å². The molecule has 23 heavy (non-hydrogen) atoms. The summed E-state index contributed by atoms with van der Waals surface area (Å²) in [5.41, 5.74) is 3.37. The van der Waals surface area contributed by atoms with Crippen LogP contribution in [0, 0.1) is 0 Å². The lowest BCUT2D eigenvalue weighted by molar-refractivity contribution is 0.858. The Balaban J connectivity index is 1.84. The molecule has 0 bridgehead atoms. The number of halogens is 1. The summed E-state index contributed by atoms with van der Waals surface area (Å²) in [6, 6.07) is 28.7. The smallest absolute Gasteiger partial charge is 0.0666 e. The topological polar surface area (TPSA) is 15.6 Å². The third-order valence-electron chi connectivity index (χ3n) is 3.45. The van der Waals surface area contributed by atoms with Gasteiger partial charge in [0.05, 0.1) is 18.4 Å². The molecule has 0 aromatic heterocycles. The number of hydrogen-bond acceptors (Lipinski definition) is 2. The third-order valence-corrected chi connectivity index (χ3v) is 3.97. The van der Waals surface area contributed by atoms with Crippen LogP contribution in [0.25, 0.3) is 0 Å². The van der Waals surface area contributed by atoms with Gasteiger partial charge in [-0.1, -0.05) is 76.6 Å². The molecular weight excluding hydrogens is 348 g/mol. The number of anilines is 1. The average Bonchev–Trinajstić information content (AvgIpc) is 2.61. The number of hydrazone groups is 1. The summed E-state index contributed by atoms with van der Waals surface area (Å²) in [5, 5.41) is 6.69. The molecular formula is C20H17BrN2. The van der Waals surface area contributed by atoms with E-state index in [1.807, 2.05) is 59.8 Å². The van der Waals surface area contributed by atoms with Crippen LogP contribution in [0.1, 0.15) is 11.1 Å². The van der Waals surface area contributed by atoms with Gasteiger partial charge < -0.3 is 0 Å². The molecule has 2 nitrogen and oxygen atoms in total. The van der Waals surface area contributed by atoms with E-state index in [0.717, 1.165) is 22.3 Å². The monoisotopic (exact) mass is 364 g/mol. The number of benzene rings is 3. The van der Waals surface area contributed by atoms with E-state index in [2.05, 4.69) is 57.4 Å². The van der Waals surface area contributed by atoms with Gasteiger partial charge in [-0.2, -0.15) is 5.10 Å². The highest BCUT2D eigenvalue weighted by Gasteiger charge is 2.05. The van der Waals surface area contributed by atoms with Crippen LogP contribution in [0.4, 0.5) is 5.69 Å². The van der Waals surface area contributed by atoms with Crippen molar-refractivity contribution in [3.63, 3.8) is 0 Å². The lowest BCUT2D eigenvalue weighted by Gasteiger charge is -2.19. The summed E-state index contributed by atoms with van der Waals surface area (Å²) in [4.78, 5) is 0. The zero-order chi connectivity index (χ0) is 15.9. The second-order valence-corrected chi connectivity index (χ2v) is 6.09. The maximum absolute atomic E-state index is 4.68. The van der Waals surface area contributed by atoms with Gasteiger partial charge >= 0.3 is 0 Å². The molecule has 0 N–H and O–H groups in total. The zero-order valence-corrected chi connectivity index (χ0v) is 14.2. The maximum Gasteiger partial charge on any atom is 0.0666 e. The maximum atomic E-state index is 4.68. The predicted octanol–water partition coefficient (Wildman–Crippen LogP) is 5.49. The summed E-state index contributed by atoms with van der Waals surface area (Å²) >= 11 is 3.45. The van der Waals surface area contributed by atoms with Gasteiger partial charge in [-0.05, 0) is 35.4 Å². The molecule has 3 aromatic carbocycles. The van der Waals surface area contributed by atoms with Gasteiger partial charge in [0.25, 0.3) is 0 Å². The first kappa shape index (κ1) is 15.5. The lowest BCUT2D eigenvalue weighted by atomic mass is 10.2. The van der Waals surface area contributed by atoms with Gasteiger partial charge in [-0.25, -0.2) is 0 Å². The standard InChI is InChI=1S/C20H17BrN2/c21-19-13-11-17(12-14-19)15-22-23(20-9-5-2-6-10-20)16-18-7-3-1-4-8-18/h1-15H,16H2/b22-15+. The SMILES string of the molecule is Brc1ccc(/C=N/N(Cc2ccccc2)c2ccccc2)cc1. The minimum atomic E-state index is 0.734. The Hall–Kier alpha value is -2.39. The molecule has 0 unspecified atom stereocenters. The van der Waals surface area contributed by atoms with E-state index in [1.165, 1.54) is 5.56 Å². The fourth-order valence-corrected chi connectivity index (χ4v) is 2.50. The Morgan fingerprint density at radius 2 is 1.39 bits per heavy atom. The zero-order valence-electron chi connectivity index (χ0n) is 12.6. The Bertz CT molecular complexity index is 753. The fourth-order valence-electron chi connectivity index (χ4n) is 2.24. The van der Waals surface area contributed by atoms with Crippen molar-refractivity contribution in [3.05, 3.63) is 101 Å². The second-order valence-electron chi connectivity index (χ2n) is 5.17. The number of rotatable bonds is 5. The molecule has 0 atom stereocenters. The molecule has 0 heterocycles. The highest BCUT2D eigenvalue weighted by atomic mass is 79.9. The van der Waals surface area contributed by atoms with Crippen molar-refractivity contribution < 1.29 is 0 Å². The number of nitrogens with zero attached hydrogens (tertiary/aromatic N) is 2. The molecule has 0 aliphatic carbocycles. The van der Waals surface area contributed by atoms with Crippen molar-refractivity contribution in [2.24, 2.45) is 5.10 Å². The largest absolute Gasteiger partial charge is 0.261 e. The van der Waals surface area contributed by atoms with Crippen molar-refractivity contribution in [2.45, 2.75) is 6.54 Å². The van der Waals surface area contributed by atoms with Gasteiger partial charge in [0.2, 0.25) is 0 Å². The van der Waals surface area contributed by atoms with Gasteiger partial charge in [-0.15, -0.1) is 0 Å². The van der Waals surface area contributed by atoms with Crippen LogP contribution < -0.4 is 5.01 Å². The Morgan fingerprint density at radius 3 is 2.04 bits per heavy atom. The number of hydrogen-bond donors (Lipinski definition) is 0. The van der Waals surface area contributed by atoms with Crippen LogP contribution >= 0.6 is 15.9 Å². The third kappa shape index (κ3) is 4.54. The molecule has 3 rings (SSSR count). The molecule has 3 heteroatoms. The first-order valence-corrected chi connectivity index (χ1v) is 8.26. The Labute approximate surface area is 145 Å². The first-order valence-electron chi connectivity index (χ1n) is 7.47. The molecule has 0 fully saturated rings. The quantitative estimate of drug-likeness (QED) is 0.431. The van der Waals surface area contributed by atoms with E-state index in [0.29, 0.717) is 0 Å². The van der Waals surface area contributed by atoms with Crippen LogP contribution in [0.2, 0.25) is 0 Å². The molecule has 0 amide bonds. The van der Waals surface area contributed by atoms with E-state index in [1.54, 1.807) is 0 Å². The fraction of sp³-hybridized carbons (Fsp3) is 0.0500. The lowest BCUT2D eigenvalue weighted by Crippen LogP contribution is -2.15. The summed E-state index contributed by atoms with van der Waals surface area (Å²) in [7, 11) is 0. The molecule has 0 aliphatic rings. The van der Waals surface area contributed by atoms with Crippen LogP contribution in [0.3, 0.4) is 0 Å². The van der Waals surface area contributed by atoms with E-state index in [4.69, 9.17) is 0 Å². The highest BCUT2D eigenvalue weighted by Crippen LogP contribution is 2.17. The van der Waals surface area contributed by atoms with Crippen molar-refractivity contribution in [1.82, 2.24) is 0 Å². The predicted molar refractivity (Wildman–Crippen MR) is 101 cm³/mol. The number of para-hydroxylation sites is 1. The van der Waals surface area contributed by atoms with Gasteiger partial charge in [0.1, 0.15) is 0 Å². The average molecular weight is 365 g/mol. The van der Waals surface area contributed by atoms with E-state index in [9.17, 15) is 0 Å². The van der Waals surface area contributed by atoms with Crippen molar-refractivity contribution in [3.8, 4) is 0 Å². The molecule has 114 valence electrons. The van der Waals surface area contributed by atoms with Gasteiger partial charge in [0, 0.05) is 4.47 Å². The summed E-state index contributed by atoms with van der Waals surface area (Å²) in [6.07, 6.45) is 1.89. The molecule has 0 saturated heterocycles. The highest BCUT2D eigenvalue weighted by molar-refractivity contribution is 9.10. The van der Waals surface area contributed by atoms with E-state index in [-0.39, 0.29) is 0 Å². The Kier molecular flexibility index (Phi) is 5.22. The van der Waals surface area contributed by atoms with E-state index < -0.39 is 0 Å². The molecule has 0 saturated carbocycles. The molecule has 0 radical (unpaired) electrons. The van der Waals surface area contributed by atoms with Crippen LogP contribution in [-0.4, -0.2) is 6.21 Å². The van der Waals surface area contributed by atoms with Crippen molar-refractivity contribution in [2.75, 3.05) is 5.01 Å². The van der Waals surface area contributed by atoms with E-state index >= 15 is 0 Å². The van der Waals surface area contributed by atoms with Crippen molar-refractivity contribution >= 4 is 27.8 Å². The van der Waals surface area contributed by atoms with Gasteiger partial charge in [-0.3, -0.25) is 5.01 Å². The minimum Gasteiger partial charge on any atom is -0.261 e. The second kappa shape index (κ2) is 7.75. The van der Waals surface area contributed by atoms with Crippen LogP contribution in [0.5, 0.6) is 0 Å². The normalized spacial score (nSPS) is 10.8. The summed E-state index contributed by atoms with van der Waals surface area (Å²) in [6.45, 7) is 0.734. The molecule has 3 aromatic rings. The molecule has 0 spiro atoms. The minimum absolute atomic E-state index is 0.734. The molecule has 0 aliphatic heterocycles.